The van der Waals surface area contributed by atoms with Gasteiger partial charge in [-0.1, -0.05) is 64.6 Å². The van der Waals surface area contributed by atoms with Gasteiger partial charge < -0.3 is 4.18 Å². The van der Waals surface area contributed by atoms with Gasteiger partial charge in [-0.2, -0.15) is 8.42 Å². The minimum absolute atomic E-state index is 0.0205. The Bertz CT molecular complexity index is 1380. The Labute approximate surface area is 199 Å². The van der Waals surface area contributed by atoms with Gasteiger partial charge in [0.1, 0.15) is 9.79 Å². The summed E-state index contributed by atoms with van der Waals surface area (Å²) in [4.78, 5) is -0.649. The summed E-state index contributed by atoms with van der Waals surface area (Å²) in [5.74, 6) is -0.266. The number of rotatable bonds is 6. The van der Waals surface area contributed by atoms with Crippen molar-refractivity contribution in [3.05, 3.63) is 80.3 Å². The monoisotopic (exact) mass is 539 g/mol. The van der Waals surface area contributed by atoms with Crippen LogP contribution in [0.5, 0.6) is 5.75 Å². The third-order valence-electron chi connectivity index (χ3n) is 3.97. The van der Waals surface area contributed by atoms with Crippen molar-refractivity contribution in [3.8, 4) is 5.75 Å². The smallest absolute Gasteiger partial charge is 0.340 e. The number of hydrogen-bond donors (Lipinski definition) is 1. The summed E-state index contributed by atoms with van der Waals surface area (Å²) in [7, 11) is -8.66. The molecule has 0 saturated carbocycles. The molecule has 12 heteroatoms. The van der Waals surface area contributed by atoms with Gasteiger partial charge in [-0.15, -0.1) is 0 Å². The molecule has 0 radical (unpaired) electrons. The molecule has 0 saturated heterocycles. The van der Waals surface area contributed by atoms with Crippen molar-refractivity contribution in [1.82, 2.24) is 0 Å². The summed E-state index contributed by atoms with van der Waals surface area (Å²) in [6.07, 6.45) is 0. The number of halogens is 4. The van der Waals surface area contributed by atoms with Gasteiger partial charge in [0, 0.05) is 0 Å². The van der Waals surface area contributed by atoms with E-state index < -0.39 is 20.1 Å². The summed E-state index contributed by atoms with van der Waals surface area (Å²) in [5.41, 5.74) is 0.481. The third kappa shape index (κ3) is 5.22. The standard InChI is InChI=1S/C19H13Cl4NO5S2/c1-11-8-9-14(24-30(25,26)16-6-2-4-12(20)18(16)22)15(10-11)29-31(27,28)17-7-3-5-13(21)19(17)23/h2-10,24H,1H3. The number of anilines is 1. The lowest BCUT2D eigenvalue weighted by molar-refractivity contribution is 0.487. The van der Waals surface area contributed by atoms with Crippen LogP contribution in [-0.2, 0) is 20.1 Å². The topological polar surface area (TPSA) is 89.5 Å². The van der Waals surface area contributed by atoms with Crippen LogP contribution in [-0.4, -0.2) is 16.8 Å². The maximum Gasteiger partial charge on any atom is 0.340 e. The van der Waals surface area contributed by atoms with Gasteiger partial charge >= 0.3 is 10.1 Å². The van der Waals surface area contributed by atoms with Crippen LogP contribution in [0, 0.1) is 6.92 Å². The molecule has 0 atom stereocenters. The second-order valence-electron chi connectivity index (χ2n) is 6.25. The van der Waals surface area contributed by atoms with Crippen LogP contribution in [0.3, 0.4) is 0 Å². The molecular weight excluding hydrogens is 528 g/mol. The van der Waals surface area contributed by atoms with E-state index in [1.54, 1.807) is 13.0 Å². The summed E-state index contributed by atoms with van der Waals surface area (Å²) in [5, 5.41) is -0.329. The van der Waals surface area contributed by atoms with E-state index in [2.05, 4.69) is 4.72 Å². The van der Waals surface area contributed by atoms with Crippen LogP contribution in [0.25, 0.3) is 0 Å². The summed E-state index contributed by atoms with van der Waals surface area (Å²) in [6.45, 7) is 1.68. The molecule has 0 spiro atoms. The van der Waals surface area contributed by atoms with Crippen LogP contribution in [0.15, 0.2) is 64.4 Å². The van der Waals surface area contributed by atoms with Gasteiger partial charge in [0.25, 0.3) is 10.0 Å². The van der Waals surface area contributed by atoms with E-state index in [0.717, 1.165) is 0 Å². The van der Waals surface area contributed by atoms with Gasteiger partial charge in [0.15, 0.2) is 5.75 Å². The average molecular weight is 541 g/mol. The third-order valence-corrected chi connectivity index (χ3v) is 8.52. The minimum Gasteiger partial charge on any atom is -0.377 e. The predicted octanol–water partition coefficient (Wildman–Crippen LogP) is 6.18. The molecule has 31 heavy (non-hydrogen) atoms. The number of aryl methyl sites for hydroxylation is 1. The maximum atomic E-state index is 12.8. The van der Waals surface area contributed by atoms with E-state index >= 15 is 0 Å². The number of hydrogen-bond acceptors (Lipinski definition) is 5. The van der Waals surface area contributed by atoms with Gasteiger partial charge in [-0.3, -0.25) is 4.72 Å². The Kier molecular flexibility index (Phi) is 7.00. The van der Waals surface area contributed by atoms with E-state index in [1.807, 2.05) is 0 Å². The molecule has 0 unspecified atom stereocenters. The second-order valence-corrected chi connectivity index (χ2v) is 11.0. The first kappa shape index (κ1) is 24.0. The summed E-state index contributed by atoms with van der Waals surface area (Å²) < 4.78 is 58.8. The summed E-state index contributed by atoms with van der Waals surface area (Å²) in [6, 6.07) is 12.4. The fourth-order valence-corrected chi connectivity index (χ4v) is 6.03. The molecule has 1 N–H and O–H groups in total. The SMILES string of the molecule is Cc1ccc(NS(=O)(=O)c2cccc(Cl)c2Cl)c(OS(=O)(=O)c2cccc(Cl)c2Cl)c1. The fourth-order valence-electron chi connectivity index (χ4n) is 2.51. The Morgan fingerprint density at radius 2 is 1.32 bits per heavy atom. The second kappa shape index (κ2) is 9.05. The Morgan fingerprint density at radius 1 is 0.774 bits per heavy atom. The normalized spacial score (nSPS) is 11.9. The number of nitrogens with one attached hydrogen (secondary N) is 1. The van der Waals surface area contributed by atoms with Gasteiger partial charge in [-0.25, -0.2) is 8.42 Å². The zero-order chi connectivity index (χ0) is 23.0. The van der Waals surface area contributed by atoms with Crippen LogP contribution in [0.1, 0.15) is 5.56 Å². The van der Waals surface area contributed by atoms with Crippen molar-refractivity contribution in [2.45, 2.75) is 16.7 Å². The van der Waals surface area contributed by atoms with Crippen LogP contribution >= 0.6 is 46.4 Å². The van der Waals surface area contributed by atoms with Crippen molar-refractivity contribution in [2.24, 2.45) is 0 Å². The Hall–Kier alpha value is -1.68. The Morgan fingerprint density at radius 3 is 1.94 bits per heavy atom. The molecule has 3 rings (SSSR count). The first-order chi connectivity index (χ1) is 14.4. The van der Waals surface area contributed by atoms with Gasteiger partial charge in [0.05, 0.1) is 25.8 Å². The molecule has 164 valence electrons. The first-order valence-electron chi connectivity index (χ1n) is 8.38. The first-order valence-corrected chi connectivity index (χ1v) is 12.8. The highest BCUT2D eigenvalue weighted by Crippen LogP contribution is 2.36. The highest BCUT2D eigenvalue weighted by molar-refractivity contribution is 7.93. The molecule has 0 bridgehead atoms. The average Bonchev–Trinajstić information content (AvgIpc) is 2.67. The van der Waals surface area contributed by atoms with E-state index in [4.69, 9.17) is 50.6 Å². The van der Waals surface area contributed by atoms with Crippen LogP contribution in [0.4, 0.5) is 5.69 Å². The molecule has 0 aliphatic rings. The lowest BCUT2D eigenvalue weighted by Crippen LogP contribution is -2.16. The Balaban J connectivity index is 2.04. The highest BCUT2D eigenvalue weighted by atomic mass is 35.5. The lowest BCUT2D eigenvalue weighted by Gasteiger charge is -2.15. The quantitative estimate of drug-likeness (QED) is 0.377. The minimum atomic E-state index is -4.44. The molecule has 0 aliphatic heterocycles. The van der Waals surface area contributed by atoms with Crippen molar-refractivity contribution < 1.29 is 21.0 Å². The number of benzene rings is 3. The zero-order valence-electron chi connectivity index (χ0n) is 15.6. The molecule has 3 aromatic rings. The molecule has 0 fully saturated rings. The van der Waals surface area contributed by atoms with Crippen LogP contribution in [0.2, 0.25) is 20.1 Å². The number of sulfonamides is 1. The van der Waals surface area contributed by atoms with Crippen LogP contribution < -0.4 is 8.91 Å². The van der Waals surface area contributed by atoms with Crippen molar-refractivity contribution in [3.63, 3.8) is 0 Å². The lowest BCUT2D eigenvalue weighted by atomic mass is 10.2. The molecule has 0 heterocycles. The van der Waals surface area contributed by atoms with Crippen molar-refractivity contribution in [2.75, 3.05) is 4.72 Å². The molecule has 0 amide bonds. The van der Waals surface area contributed by atoms with E-state index in [9.17, 15) is 16.8 Å². The van der Waals surface area contributed by atoms with E-state index in [1.165, 1.54) is 48.5 Å². The predicted molar refractivity (Wildman–Crippen MR) is 123 cm³/mol. The molecule has 0 aliphatic carbocycles. The van der Waals surface area contributed by atoms with Gasteiger partial charge in [-0.05, 0) is 48.9 Å². The maximum absolute atomic E-state index is 12.8. The van der Waals surface area contributed by atoms with Gasteiger partial charge in [0.2, 0.25) is 0 Å². The van der Waals surface area contributed by atoms with Crippen molar-refractivity contribution in [1.29, 1.82) is 0 Å². The highest BCUT2D eigenvalue weighted by Gasteiger charge is 2.26. The molecule has 0 aromatic heterocycles. The summed E-state index contributed by atoms with van der Waals surface area (Å²) >= 11 is 23.8. The molecule has 6 nitrogen and oxygen atoms in total. The molecular formula is C19H13Cl4NO5S2. The fraction of sp³-hybridized carbons (Fsp3) is 0.0526. The molecule has 3 aromatic carbocycles. The van der Waals surface area contributed by atoms with E-state index in [-0.39, 0.29) is 41.3 Å². The van der Waals surface area contributed by atoms with E-state index in [0.29, 0.717) is 5.56 Å². The van der Waals surface area contributed by atoms with Crippen molar-refractivity contribution >= 4 is 72.2 Å². The zero-order valence-corrected chi connectivity index (χ0v) is 20.2. The largest absolute Gasteiger partial charge is 0.377 e.